The van der Waals surface area contributed by atoms with E-state index in [1.165, 1.54) is 31.2 Å². The van der Waals surface area contributed by atoms with E-state index < -0.39 is 14.9 Å². The van der Waals surface area contributed by atoms with Gasteiger partial charge in [0.25, 0.3) is 15.7 Å². The molecule has 1 aromatic heterocycles. The maximum Gasteiger partial charge on any atom is 0.273 e. The number of sulfonamides is 1. The first-order chi connectivity index (χ1) is 9.31. The van der Waals surface area contributed by atoms with E-state index in [0.717, 1.165) is 0 Å². The molecule has 9 heteroatoms. The van der Waals surface area contributed by atoms with Crippen LogP contribution in [-0.2, 0) is 10.0 Å². The lowest BCUT2D eigenvalue weighted by Gasteiger charge is -2.07. The number of benzene rings is 1. The molecule has 0 amide bonds. The molecule has 0 fully saturated rings. The maximum atomic E-state index is 12.2. The molecule has 1 heterocycles. The predicted octanol–water partition coefficient (Wildman–Crippen LogP) is 2.00. The zero-order chi connectivity index (χ0) is 14.9. The zero-order valence-electron chi connectivity index (χ0n) is 10.7. The molecule has 0 saturated carbocycles. The van der Waals surface area contributed by atoms with Gasteiger partial charge in [0, 0.05) is 17.7 Å². The second-order valence-corrected chi connectivity index (χ2v) is 5.74. The van der Waals surface area contributed by atoms with Gasteiger partial charge < -0.3 is 4.52 Å². The molecule has 0 bridgehead atoms. The number of nitro groups is 1. The summed E-state index contributed by atoms with van der Waals surface area (Å²) in [6.07, 6.45) is 0. The third kappa shape index (κ3) is 2.62. The average molecular weight is 297 g/mol. The Hall–Kier alpha value is -2.42. The highest BCUT2D eigenvalue weighted by Gasteiger charge is 2.23. The van der Waals surface area contributed by atoms with Gasteiger partial charge in [-0.1, -0.05) is 11.2 Å². The Bertz CT molecular complexity index is 766. The Kier molecular flexibility index (Phi) is 3.45. The summed E-state index contributed by atoms with van der Waals surface area (Å²) >= 11 is 0. The van der Waals surface area contributed by atoms with Gasteiger partial charge >= 0.3 is 0 Å². The predicted molar refractivity (Wildman–Crippen MR) is 69.9 cm³/mol. The average Bonchev–Trinajstić information content (AvgIpc) is 2.73. The number of hydrogen-bond donors (Lipinski definition) is 1. The highest BCUT2D eigenvalue weighted by atomic mass is 32.2. The largest absolute Gasteiger partial charge is 0.360 e. The van der Waals surface area contributed by atoms with Gasteiger partial charge in [-0.05, 0) is 19.9 Å². The summed E-state index contributed by atoms with van der Waals surface area (Å²) in [5, 5.41) is 14.3. The van der Waals surface area contributed by atoms with Crippen LogP contribution in [0.4, 0.5) is 11.5 Å². The van der Waals surface area contributed by atoms with Gasteiger partial charge in [-0.25, -0.2) is 8.42 Å². The molecule has 8 nitrogen and oxygen atoms in total. The number of nitrogens with zero attached hydrogens (tertiary/aromatic N) is 2. The lowest BCUT2D eigenvalue weighted by molar-refractivity contribution is -0.385. The van der Waals surface area contributed by atoms with E-state index >= 15 is 0 Å². The van der Waals surface area contributed by atoms with Crippen molar-refractivity contribution < 1.29 is 17.9 Å². The minimum Gasteiger partial charge on any atom is -0.360 e. The Labute approximate surface area is 114 Å². The quantitative estimate of drug-likeness (QED) is 0.681. The first-order valence-electron chi connectivity index (χ1n) is 5.51. The van der Waals surface area contributed by atoms with Crippen LogP contribution in [0.5, 0.6) is 0 Å². The van der Waals surface area contributed by atoms with Gasteiger partial charge in [0.15, 0.2) is 5.82 Å². The summed E-state index contributed by atoms with van der Waals surface area (Å²) < 4.78 is 31.3. The second kappa shape index (κ2) is 4.93. The fraction of sp³-hybridized carbons (Fsp3) is 0.182. The highest BCUT2D eigenvalue weighted by Crippen LogP contribution is 2.26. The van der Waals surface area contributed by atoms with Crippen molar-refractivity contribution in [3.63, 3.8) is 0 Å². The van der Waals surface area contributed by atoms with Crippen LogP contribution >= 0.6 is 0 Å². The van der Waals surface area contributed by atoms with Crippen molar-refractivity contribution in [3.05, 3.63) is 45.7 Å². The fourth-order valence-electron chi connectivity index (χ4n) is 1.70. The molecular weight excluding hydrogens is 286 g/mol. The molecule has 0 aliphatic heterocycles. The van der Waals surface area contributed by atoms with Crippen LogP contribution < -0.4 is 4.72 Å². The van der Waals surface area contributed by atoms with Gasteiger partial charge in [0.2, 0.25) is 0 Å². The van der Waals surface area contributed by atoms with E-state index in [1.807, 2.05) is 0 Å². The van der Waals surface area contributed by atoms with Crippen molar-refractivity contribution in [2.75, 3.05) is 4.72 Å². The van der Waals surface area contributed by atoms with E-state index in [1.54, 1.807) is 6.92 Å². The van der Waals surface area contributed by atoms with Gasteiger partial charge in [0.1, 0.15) is 5.76 Å². The van der Waals surface area contributed by atoms with E-state index in [-0.39, 0.29) is 22.0 Å². The van der Waals surface area contributed by atoms with Crippen molar-refractivity contribution in [3.8, 4) is 0 Å². The molecule has 0 saturated heterocycles. The summed E-state index contributed by atoms with van der Waals surface area (Å²) in [6, 6.07) is 5.25. The first kappa shape index (κ1) is 14.0. The van der Waals surface area contributed by atoms with E-state index in [0.29, 0.717) is 5.76 Å². The molecule has 2 aromatic rings. The standard InChI is InChI=1S/C11H11N3O5S/c1-7-6-11(12-19-7)13-20(17,18)10-5-3-4-9(8(10)2)14(15)16/h3-6H,1-2H3,(H,12,13). The third-order valence-electron chi connectivity index (χ3n) is 2.61. The number of aryl methyl sites for hydroxylation is 1. The Morgan fingerprint density at radius 1 is 1.35 bits per heavy atom. The number of rotatable bonds is 4. The lowest BCUT2D eigenvalue weighted by Crippen LogP contribution is -2.15. The molecular formula is C11H11N3O5S. The Morgan fingerprint density at radius 3 is 2.60 bits per heavy atom. The smallest absolute Gasteiger partial charge is 0.273 e. The first-order valence-corrected chi connectivity index (χ1v) is 7.00. The van der Waals surface area contributed by atoms with E-state index in [2.05, 4.69) is 9.88 Å². The van der Waals surface area contributed by atoms with Crippen LogP contribution in [0.2, 0.25) is 0 Å². The highest BCUT2D eigenvalue weighted by molar-refractivity contribution is 7.92. The van der Waals surface area contributed by atoms with Crippen molar-refractivity contribution in [1.29, 1.82) is 0 Å². The van der Waals surface area contributed by atoms with Crippen molar-refractivity contribution in [1.82, 2.24) is 5.16 Å². The SMILES string of the molecule is Cc1cc(NS(=O)(=O)c2cccc([N+](=O)[O-])c2C)no1. The van der Waals surface area contributed by atoms with Crippen molar-refractivity contribution >= 4 is 21.5 Å². The molecule has 20 heavy (non-hydrogen) atoms. The molecule has 1 N–H and O–H groups in total. The summed E-state index contributed by atoms with van der Waals surface area (Å²) in [5.74, 6) is 0.465. The van der Waals surface area contributed by atoms with Crippen molar-refractivity contribution in [2.24, 2.45) is 0 Å². The zero-order valence-corrected chi connectivity index (χ0v) is 11.5. The molecule has 0 atom stereocenters. The van der Waals surface area contributed by atoms with Gasteiger partial charge in [-0.3, -0.25) is 14.8 Å². The van der Waals surface area contributed by atoms with E-state index in [9.17, 15) is 18.5 Å². The number of aromatic nitrogens is 1. The lowest BCUT2D eigenvalue weighted by atomic mass is 10.2. The third-order valence-corrected chi connectivity index (χ3v) is 4.11. The number of anilines is 1. The number of hydrogen-bond acceptors (Lipinski definition) is 6. The van der Waals surface area contributed by atoms with Crippen molar-refractivity contribution in [2.45, 2.75) is 18.7 Å². The molecule has 0 aliphatic rings. The molecule has 2 rings (SSSR count). The normalized spacial score (nSPS) is 11.3. The second-order valence-electron chi connectivity index (χ2n) is 4.09. The Morgan fingerprint density at radius 2 is 2.05 bits per heavy atom. The monoisotopic (exact) mass is 297 g/mol. The van der Waals surface area contributed by atoms with Gasteiger partial charge in [-0.15, -0.1) is 0 Å². The fourth-order valence-corrected chi connectivity index (χ4v) is 2.95. The number of nitro benzene ring substituents is 1. The summed E-state index contributed by atoms with van der Waals surface area (Å²) in [4.78, 5) is 10.0. The van der Waals surface area contributed by atoms with Crippen LogP contribution in [0.15, 0.2) is 33.7 Å². The number of nitrogens with one attached hydrogen (secondary N) is 1. The Balaban J connectivity index is 2.44. The molecule has 106 valence electrons. The minimum absolute atomic E-state index is 0.0217. The summed E-state index contributed by atoms with van der Waals surface area (Å²) in [7, 11) is -3.96. The minimum atomic E-state index is -3.96. The summed E-state index contributed by atoms with van der Waals surface area (Å²) in [5.41, 5.74) is -0.200. The van der Waals surface area contributed by atoms with Gasteiger partial charge in [-0.2, -0.15) is 0 Å². The molecule has 1 aromatic carbocycles. The van der Waals surface area contributed by atoms with Gasteiger partial charge in [0.05, 0.1) is 9.82 Å². The van der Waals surface area contributed by atoms with E-state index in [4.69, 9.17) is 4.52 Å². The molecule has 0 spiro atoms. The van der Waals surface area contributed by atoms with Crippen LogP contribution in [-0.4, -0.2) is 18.5 Å². The molecule has 0 aliphatic carbocycles. The van der Waals surface area contributed by atoms with Crippen LogP contribution in [0.3, 0.4) is 0 Å². The topological polar surface area (TPSA) is 115 Å². The molecule has 0 unspecified atom stereocenters. The van der Waals surface area contributed by atoms with Crippen LogP contribution in [0.1, 0.15) is 11.3 Å². The van der Waals surface area contributed by atoms with Crippen LogP contribution in [0, 0.1) is 24.0 Å². The molecule has 0 radical (unpaired) electrons. The summed E-state index contributed by atoms with van der Waals surface area (Å²) in [6.45, 7) is 2.99. The maximum absolute atomic E-state index is 12.2. The van der Waals surface area contributed by atoms with Crippen LogP contribution in [0.25, 0.3) is 0 Å².